The van der Waals surface area contributed by atoms with Crippen molar-refractivity contribution in [1.82, 2.24) is 4.90 Å². The molecule has 0 saturated carbocycles. The minimum Gasteiger partial charge on any atom is -0.503 e. The Morgan fingerprint density at radius 3 is 2.39 bits per heavy atom. The van der Waals surface area contributed by atoms with E-state index in [0.29, 0.717) is 0 Å². The van der Waals surface area contributed by atoms with Crippen LogP contribution in [0, 0.1) is 6.92 Å². The lowest BCUT2D eigenvalue weighted by atomic mass is 9.94. The van der Waals surface area contributed by atoms with Crippen LogP contribution in [0.15, 0.2) is 88.7 Å². The van der Waals surface area contributed by atoms with Crippen LogP contribution >= 0.6 is 0 Å². The number of carbonyl (C=O) groups is 2. The standard InChI is InChI=1S/C23H19NO4/c1-15-9-11-17(12-10-15)20-19(21(25)18-8-5-13-28-18)22(26)23(27)24(20)14-16-6-3-2-4-7-16/h2-13,20,26H,14H2,1H3. The van der Waals surface area contributed by atoms with Gasteiger partial charge >= 0.3 is 0 Å². The first kappa shape index (κ1) is 17.8. The topological polar surface area (TPSA) is 70.7 Å². The molecule has 1 aliphatic heterocycles. The van der Waals surface area contributed by atoms with Crippen LogP contribution < -0.4 is 0 Å². The third-order valence-corrected chi connectivity index (χ3v) is 4.88. The zero-order valence-electron chi connectivity index (χ0n) is 15.3. The number of aryl methyl sites for hydroxylation is 1. The van der Waals surface area contributed by atoms with Gasteiger partial charge in [0.1, 0.15) is 0 Å². The predicted octanol–water partition coefficient (Wildman–Crippen LogP) is 4.37. The Labute approximate surface area is 162 Å². The highest BCUT2D eigenvalue weighted by Gasteiger charge is 2.44. The van der Waals surface area contributed by atoms with Gasteiger partial charge in [0, 0.05) is 6.54 Å². The average molecular weight is 373 g/mol. The van der Waals surface area contributed by atoms with Crippen molar-refractivity contribution in [3.8, 4) is 0 Å². The average Bonchev–Trinajstić information content (AvgIpc) is 3.33. The highest BCUT2D eigenvalue weighted by atomic mass is 16.3. The van der Waals surface area contributed by atoms with E-state index in [1.807, 2.05) is 61.5 Å². The fraction of sp³-hybridized carbons (Fsp3) is 0.130. The van der Waals surface area contributed by atoms with Gasteiger partial charge in [-0.05, 0) is 30.2 Å². The van der Waals surface area contributed by atoms with Gasteiger partial charge in [-0.3, -0.25) is 9.59 Å². The fourth-order valence-corrected chi connectivity index (χ4v) is 3.46. The lowest BCUT2D eigenvalue weighted by molar-refractivity contribution is -0.130. The van der Waals surface area contributed by atoms with Gasteiger partial charge in [-0.15, -0.1) is 0 Å². The summed E-state index contributed by atoms with van der Waals surface area (Å²) in [6.07, 6.45) is 1.39. The Hall–Kier alpha value is -3.60. The van der Waals surface area contributed by atoms with Gasteiger partial charge in [0.05, 0.1) is 17.9 Å². The lowest BCUT2D eigenvalue weighted by Crippen LogP contribution is -2.30. The zero-order valence-corrected chi connectivity index (χ0v) is 15.3. The number of aliphatic hydroxyl groups excluding tert-OH is 1. The molecule has 0 saturated heterocycles. The van der Waals surface area contributed by atoms with Crippen LogP contribution in [0.2, 0.25) is 0 Å². The number of nitrogens with zero attached hydrogens (tertiary/aromatic N) is 1. The largest absolute Gasteiger partial charge is 0.503 e. The number of hydrogen-bond acceptors (Lipinski definition) is 4. The maximum Gasteiger partial charge on any atom is 0.290 e. The number of ketones is 1. The van der Waals surface area contributed by atoms with Crippen LogP contribution in [0.1, 0.15) is 33.3 Å². The van der Waals surface area contributed by atoms with Crippen molar-refractivity contribution in [3.05, 3.63) is 107 Å². The van der Waals surface area contributed by atoms with E-state index in [2.05, 4.69) is 0 Å². The monoisotopic (exact) mass is 373 g/mol. The van der Waals surface area contributed by atoms with E-state index in [1.54, 1.807) is 6.07 Å². The third kappa shape index (κ3) is 3.11. The molecule has 28 heavy (non-hydrogen) atoms. The van der Waals surface area contributed by atoms with Gasteiger partial charge in [-0.1, -0.05) is 60.2 Å². The van der Waals surface area contributed by atoms with Gasteiger partial charge in [0.25, 0.3) is 5.91 Å². The SMILES string of the molecule is Cc1ccc(C2C(C(=O)c3ccco3)=C(O)C(=O)N2Cc2ccccc2)cc1. The van der Waals surface area contributed by atoms with Crippen LogP contribution in [0.3, 0.4) is 0 Å². The van der Waals surface area contributed by atoms with E-state index in [-0.39, 0.29) is 17.9 Å². The first-order chi connectivity index (χ1) is 13.6. The molecule has 0 bridgehead atoms. The first-order valence-electron chi connectivity index (χ1n) is 8.99. The molecule has 140 valence electrons. The molecule has 1 N–H and O–H groups in total. The van der Waals surface area contributed by atoms with Crippen LogP contribution in [-0.2, 0) is 11.3 Å². The van der Waals surface area contributed by atoms with Crippen molar-refractivity contribution in [2.45, 2.75) is 19.5 Å². The summed E-state index contributed by atoms with van der Waals surface area (Å²) >= 11 is 0. The number of benzene rings is 2. The van der Waals surface area contributed by atoms with E-state index in [9.17, 15) is 14.7 Å². The number of amides is 1. The van der Waals surface area contributed by atoms with E-state index < -0.39 is 23.5 Å². The van der Waals surface area contributed by atoms with Crippen molar-refractivity contribution in [1.29, 1.82) is 0 Å². The lowest BCUT2D eigenvalue weighted by Gasteiger charge is -2.27. The van der Waals surface area contributed by atoms with E-state index in [1.165, 1.54) is 17.2 Å². The smallest absolute Gasteiger partial charge is 0.290 e. The van der Waals surface area contributed by atoms with Crippen LogP contribution in [-0.4, -0.2) is 21.7 Å². The maximum atomic E-state index is 13.0. The Balaban J connectivity index is 1.79. The molecule has 5 heteroatoms. The van der Waals surface area contributed by atoms with Crippen molar-refractivity contribution >= 4 is 11.7 Å². The maximum absolute atomic E-state index is 13.0. The van der Waals surface area contributed by atoms with E-state index in [4.69, 9.17) is 4.42 Å². The van der Waals surface area contributed by atoms with Crippen molar-refractivity contribution in [2.24, 2.45) is 0 Å². The summed E-state index contributed by atoms with van der Waals surface area (Å²) in [5, 5.41) is 10.6. The molecule has 5 nitrogen and oxygen atoms in total. The highest BCUT2D eigenvalue weighted by Crippen LogP contribution is 2.40. The molecule has 0 fully saturated rings. The Morgan fingerprint density at radius 1 is 1.04 bits per heavy atom. The molecular formula is C23H19NO4. The van der Waals surface area contributed by atoms with Gasteiger partial charge in [0.2, 0.25) is 5.78 Å². The van der Waals surface area contributed by atoms with Crippen molar-refractivity contribution in [3.63, 3.8) is 0 Å². The summed E-state index contributed by atoms with van der Waals surface area (Å²) < 4.78 is 5.22. The molecule has 3 aromatic rings. The predicted molar refractivity (Wildman–Crippen MR) is 104 cm³/mol. The minimum absolute atomic E-state index is 0.0414. The normalized spacial score (nSPS) is 16.7. The first-order valence-corrected chi connectivity index (χ1v) is 8.99. The minimum atomic E-state index is -0.689. The molecule has 0 aliphatic carbocycles. The summed E-state index contributed by atoms with van der Waals surface area (Å²) in [4.78, 5) is 27.4. The molecule has 1 aliphatic rings. The van der Waals surface area contributed by atoms with Crippen molar-refractivity contribution < 1.29 is 19.1 Å². The number of hydrogen-bond donors (Lipinski definition) is 1. The van der Waals surface area contributed by atoms with E-state index in [0.717, 1.165) is 16.7 Å². The number of furan rings is 1. The van der Waals surface area contributed by atoms with Gasteiger partial charge in [-0.25, -0.2) is 0 Å². The number of rotatable bonds is 5. The molecule has 2 aromatic carbocycles. The molecule has 0 spiro atoms. The molecule has 2 heterocycles. The second kappa shape index (κ2) is 7.19. The van der Waals surface area contributed by atoms with Crippen molar-refractivity contribution in [2.75, 3.05) is 0 Å². The molecule has 4 rings (SSSR count). The Morgan fingerprint density at radius 2 is 1.75 bits per heavy atom. The summed E-state index contributed by atoms with van der Waals surface area (Å²) in [5.74, 6) is -1.49. The molecule has 1 aromatic heterocycles. The number of Topliss-reactive ketones (excluding diaryl/α,β-unsaturated/α-hetero) is 1. The van der Waals surface area contributed by atoms with E-state index >= 15 is 0 Å². The summed E-state index contributed by atoms with van der Waals surface area (Å²) in [6.45, 7) is 2.24. The zero-order chi connectivity index (χ0) is 19.7. The van der Waals surface area contributed by atoms with Crippen LogP contribution in [0.5, 0.6) is 0 Å². The second-order valence-electron chi connectivity index (χ2n) is 6.80. The second-order valence-corrected chi connectivity index (χ2v) is 6.80. The van der Waals surface area contributed by atoms with Crippen LogP contribution in [0.4, 0.5) is 0 Å². The van der Waals surface area contributed by atoms with Gasteiger partial charge < -0.3 is 14.4 Å². The Kier molecular flexibility index (Phi) is 4.57. The molecule has 1 unspecified atom stereocenters. The van der Waals surface area contributed by atoms with Gasteiger partial charge in [-0.2, -0.15) is 0 Å². The summed E-state index contributed by atoms with van der Waals surface area (Å²) in [5.41, 5.74) is 2.77. The molecule has 1 atom stereocenters. The molecular weight excluding hydrogens is 354 g/mol. The summed E-state index contributed by atoms with van der Waals surface area (Å²) in [6, 6.07) is 19.5. The number of aliphatic hydroxyl groups is 1. The Bertz CT molecular complexity index is 1030. The van der Waals surface area contributed by atoms with Gasteiger partial charge in [0.15, 0.2) is 11.5 Å². The molecule has 0 radical (unpaired) electrons. The quantitative estimate of drug-likeness (QED) is 0.674. The van der Waals surface area contributed by atoms with Crippen LogP contribution in [0.25, 0.3) is 0 Å². The summed E-state index contributed by atoms with van der Waals surface area (Å²) in [7, 11) is 0. The highest BCUT2D eigenvalue weighted by molar-refractivity contribution is 6.14. The third-order valence-electron chi connectivity index (χ3n) is 4.88. The number of carbonyl (C=O) groups excluding carboxylic acids is 2. The fourth-order valence-electron chi connectivity index (χ4n) is 3.46. The molecule has 1 amide bonds.